The van der Waals surface area contributed by atoms with Crippen LogP contribution in [0.5, 0.6) is 0 Å². The lowest BCUT2D eigenvalue weighted by atomic mass is 9.92. The molecule has 3 amide bonds. The Balaban J connectivity index is 1.29. The van der Waals surface area contributed by atoms with E-state index >= 15 is 0 Å². The molecule has 2 N–H and O–H groups in total. The molecule has 3 heterocycles. The second-order valence-corrected chi connectivity index (χ2v) is 15.6. The standard InChI is InChI=1S/C40H49N3O7/c1-25-17-18-27(26-13-10-8-11-14-26)19-31(25)37(47)42-22-29-23-43-34(32(29)24-42)35(45)41-40(38(48)49)21-30(40)16-12-7-5-6-9-15-28(36(43)46)20-33(44)50-39(2,3)4/h8,10-14,16-19,28-30,32,34H,5-7,9,15,20-24H2,1-4H3,(H,41,45)(H,48,49)/b16-12-/t28-,29-,30+,32-,34-,40+/m0/s1. The number of esters is 1. The molecule has 4 aliphatic rings. The first-order valence-corrected chi connectivity index (χ1v) is 18.0. The van der Waals surface area contributed by atoms with E-state index in [1.807, 2.05) is 67.6 Å². The number of hydrogen-bond donors (Lipinski definition) is 2. The molecule has 10 heteroatoms. The fourth-order valence-corrected chi connectivity index (χ4v) is 8.09. The summed E-state index contributed by atoms with van der Waals surface area (Å²) in [5, 5.41) is 13.1. The van der Waals surface area contributed by atoms with Crippen molar-refractivity contribution < 1.29 is 33.8 Å². The van der Waals surface area contributed by atoms with Gasteiger partial charge in [-0.05, 0) is 76.1 Å². The number of rotatable bonds is 5. The number of aliphatic carboxylic acids is 1. The van der Waals surface area contributed by atoms with Crippen LogP contribution in [0.15, 0.2) is 60.7 Å². The quantitative estimate of drug-likeness (QED) is 0.319. The summed E-state index contributed by atoms with van der Waals surface area (Å²) in [7, 11) is 0. The highest BCUT2D eigenvalue weighted by molar-refractivity contribution is 5.98. The van der Waals surface area contributed by atoms with Gasteiger partial charge >= 0.3 is 11.9 Å². The Hall–Kier alpha value is -4.47. The summed E-state index contributed by atoms with van der Waals surface area (Å²) in [4.78, 5) is 71.7. The molecule has 0 spiro atoms. The number of carbonyl (C=O) groups excluding carboxylic acids is 4. The maximum atomic E-state index is 14.4. The number of amides is 3. The number of hydrogen-bond acceptors (Lipinski definition) is 6. The first-order chi connectivity index (χ1) is 23.8. The molecule has 6 atom stereocenters. The molecule has 2 saturated heterocycles. The lowest BCUT2D eigenvalue weighted by Gasteiger charge is -2.32. The van der Waals surface area contributed by atoms with E-state index in [9.17, 15) is 29.1 Å². The van der Waals surface area contributed by atoms with Crippen LogP contribution in [0.2, 0.25) is 0 Å². The normalized spacial score (nSPS) is 29.1. The molecule has 10 nitrogen and oxygen atoms in total. The summed E-state index contributed by atoms with van der Waals surface area (Å²) >= 11 is 0. The highest BCUT2D eigenvalue weighted by Gasteiger charge is 2.62. The van der Waals surface area contributed by atoms with Gasteiger partial charge in [0, 0.05) is 48.9 Å². The fraction of sp³-hybridized carbons (Fsp3) is 0.525. The first kappa shape index (κ1) is 35.4. The minimum atomic E-state index is -1.43. The molecule has 0 unspecified atom stereocenters. The molecule has 0 bridgehead atoms. The zero-order chi connectivity index (χ0) is 35.8. The molecule has 0 aromatic heterocycles. The van der Waals surface area contributed by atoms with Crippen molar-refractivity contribution >= 4 is 29.7 Å². The number of carboxylic acids is 1. The lowest BCUT2D eigenvalue weighted by Crippen LogP contribution is -2.56. The number of allylic oxidation sites excluding steroid dienone is 1. The van der Waals surface area contributed by atoms with Crippen molar-refractivity contribution in [2.24, 2.45) is 23.7 Å². The lowest BCUT2D eigenvalue weighted by molar-refractivity contribution is -0.159. The molecule has 6 rings (SSSR count). The number of likely N-dealkylation sites (tertiary alicyclic amines) is 1. The Morgan fingerprint density at radius 3 is 2.46 bits per heavy atom. The molecular weight excluding hydrogens is 634 g/mol. The van der Waals surface area contributed by atoms with Crippen molar-refractivity contribution in [3.05, 3.63) is 71.8 Å². The molecule has 50 heavy (non-hydrogen) atoms. The number of benzene rings is 2. The van der Waals surface area contributed by atoms with Crippen molar-refractivity contribution in [1.29, 1.82) is 0 Å². The number of aryl methyl sites for hydroxylation is 1. The SMILES string of the molecule is Cc1ccc(-c2ccccc2)cc1C(=O)N1C[C@H]2CN3C(=O)[C@H](CC(=O)OC(C)(C)C)CCCCC/C=C\[C@@H]4C[C@@]4(C(=O)O)NC(=O)[C@@H]3[C@H]2C1. The predicted octanol–water partition coefficient (Wildman–Crippen LogP) is 5.39. The minimum Gasteiger partial charge on any atom is -0.479 e. The van der Waals surface area contributed by atoms with Crippen LogP contribution in [0.25, 0.3) is 11.1 Å². The Bertz CT molecular complexity index is 1680. The van der Waals surface area contributed by atoms with Crippen molar-refractivity contribution in [3.8, 4) is 11.1 Å². The Kier molecular flexibility index (Phi) is 9.93. The van der Waals surface area contributed by atoms with E-state index in [4.69, 9.17) is 4.74 Å². The summed E-state index contributed by atoms with van der Waals surface area (Å²) in [6, 6.07) is 14.7. The van der Waals surface area contributed by atoms with Crippen LogP contribution in [0, 0.1) is 30.6 Å². The first-order valence-electron chi connectivity index (χ1n) is 18.0. The number of nitrogens with zero attached hydrogens (tertiary/aromatic N) is 2. The molecule has 266 valence electrons. The summed E-state index contributed by atoms with van der Waals surface area (Å²) in [5.74, 6) is -4.11. The predicted molar refractivity (Wildman–Crippen MR) is 188 cm³/mol. The molecule has 3 fully saturated rings. The smallest absolute Gasteiger partial charge is 0.330 e. The summed E-state index contributed by atoms with van der Waals surface area (Å²) < 4.78 is 5.60. The second kappa shape index (κ2) is 14.0. The topological polar surface area (TPSA) is 133 Å². The summed E-state index contributed by atoms with van der Waals surface area (Å²) in [5.41, 5.74) is 1.22. The fourth-order valence-electron chi connectivity index (χ4n) is 8.09. The Morgan fingerprint density at radius 2 is 1.74 bits per heavy atom. The van der Waals surface area contributed by atoms with E-state index in [1.165, 1.54) is 0 Å². The van der Waals surface area contributed by atoms with Gasteiger partial charge in [-0.3, -0.25) is 19.2 Å². The highest BCUT2D eigenvalue weighted by atomic mass is 16.6. The highest BCUT2D eigenvalue weighted by Crippen LogP contribution is 2.46. The van der Waals surface area contributed by atoms with Crippen LogP contribution in [-0.2, 0) is 23.9 Å². The van der Waals surface area contributed by atoms with E-state index in [0.29, 0.717) is 18.5 Å². The van der Waals surface area contributed by atoms with Gasteiger partial charge in [-0.15, -0.1) is 0 Å². The third-order valence-corrected chi connectivity index (χ3v) is 10.8. The maximum Gasteiger partial charge on any atom is 0.330 e. The average molecular weight is 684 g/mol. The van der Waals surface area contributed by atoms with Gasteiger partial charge in [-0.2, -0.15) is 0 Å². The summed E-state index contributed by atoms with van der Waals surface area (Å²) in [6.45, 7) is 8.11. The average Bonchev–Trinajstić information content (AvgIpc) is 3.41. The molecule has 1 aliphatic carbocycles. The van der Waals surface area contributed by atoms with Crippen molar-refractivity contribution in [3.63, 3.8) is 0 Å². The van der Waals surface area contributed by atoms with Gasteiger partial charge < -0.3 is 25.0 Å². The Labute approximate surface area is 294 Å². The molecule has 1 saturated carbocycles. The van der Waals surface area contributed by atoms with Gasteiger partial charge in [0.1, 0.15) is 17.2 Å². The van der Waals surface area contributed by atoms with E-state index < -0.39 is 46.9 Å². The van der Waals surface area contributed by atoms with Crippen LogP contribution in [-0.4, -0.2) is 81.4 Å². The van der Waals surface area contributed by atoms with Crippen molar-refractivity contribution in [2.75, 3.05) is 19.6 Å². The van der Waals surface area contributed by atoms with Crippen molar-refractivity contribution in [2.45, 2.75) is 89.8 Å². The number of nitrogens with one attached hydrogen (secondary N) is 1. The zero-order valence-electron chi connectivity index (χ0n) is 29.5. The Morgan fingerprint density at radius 1 is 0.980 bits per heavy atom. The van der Waals surface area contributed by atoms with Crippen LogP contribution < -0.4 is 5.32 Å². The van der Waals surface area contributed by atoms with E-state index in [0.717, 1.165) is 42.4 Å². The van der Waals surface area contributed by atoms with Crippen LogP contribution in [0.4, 0.5) is 0 Å². The molecule has 3 aliphatic heterocycles. The van der Waals surface area contributed by atoms with Gasteiger partial charge in [0.25, 0.3) is 5.91 Å². The van der Waals surface area contributed by atoms with E-state index in [1.54, 1.807) is 30.6 Å². The van der Waals surface area contributed by atoms with Gasteiger partial charge in [0.05, 0.1) is 6.42 Å². The molecule has 2 aromatic rings. The summed E-state index contributed by atoms with van der Waals surface area (Å²) in [6.07, 6.45) is 7.76. The second-order valence-electron chi connectivity index (χ2n) is 15.6. The van der Waals surface area contributed by atoms with Gasteiger partial charge in [0.2, 0.25) is 11.8 Å². The minimum absolute atomic E-state index is 0.0983. The molecule has 0 radical (unpaired) electrons. The third kappa shape index (κ3) is 7.35. The third-order valence-electron chi connectivity index (χ3n) is 10.8. The number of fused-ring (bicyclic) bond motifs is 4. The van der Waals surface area contributed by atoms with Gasteiger partial charge in [-0.25, -0.2) is 4.79 Å². The number of carboxylic acid groups (broad SMARTS) is 1. The number of ether oxygens (including phenoxy) is 1. The monoisotopic (exact) mass is 683 g/mol. The van der Waals surface area contributed by atoms with Gasteiger partial charge in [0.15, 0.2) is 0 Å². The van der Waals surface area contributed by atoms with E-state index in [2.05, 4.69) is 5.32 Å². The molecular formula is C40H49N3O7. The van der Waals surface area contributed by atoms with Gasteiger partial charge in [-0.1, -0.05) is 67.5 Å². The van der Waals surface area contributed by atoms with Crippen molar-refractivity contribution in [1.82, 2.24) is 15.1 Å². The van der Waals surface area contributed by atoms with Crippen LogP contribution in [0.1, 0.15) is 81.6 Å². The zero-order valence-corrected chi connectivity index (χ0v) is 29.5. The maximum absolute atomic E-state index is 14.4. The molecule has 2 aromatic carbocycles. The largest absolute Gasteiger partial charge is 0.479 e. The van der Waals surface area contributed by atoms with E-state index in [-0.39, 0.29) is 49.6 Å². The number of carbonyl (C=O) groups is 5. The van der Waals surface area contributed by atoms with Crippen LogP contribution >= 0.6 is 0 Å². The van der Waals surface area contributed by atoms with Crippen LogP contribution in [0.3, 0.4) is 0 Å².